The zero-order valence-corrected chi connectivity index (χ0v) is 17.8. The van der Waals surface area contributed by atoms with Gasteiger partial charge in [0.2, 0.25) is 0 Å². The first-order chi connectivity index (χ1) is 15.1. The molecule has 0 N–H and O–H groups in total. The van der Waals surface area contributed by atoms with E-state index in [1.54, 1.807) is 0 Å². The van der Waals surface area contributed by atoms with Gasteiger partial charge in [-0.15, -0.1) is 0 Å². The molecule has 0 aromatic heterocycles. The van der Waals surface area contributed by atoms with Crippen LogP contribution in [0.25, 0.3) is 6.08 Å². The van der Waals surface area contributed by atoms with Crippen LogP contribution in [-0.2, 0) is 0 Å². The van der Waals surface area contributed by atoms with E-state index in [1.807, 2.05) is 24.3 Å². The summed E-state index contributed by atoms with van der Waals surface area (Å²) < 4.78 is 27.0. The van der Waals surface area contributed by atoms with E-state index in [-0.39, 0.29) is 17.7 Å². The summed E-state index contributed by atoms with van der Waals surface area (Å²) in [7, 11) is 0. The van der Waals surface area contributed by atoms with Gasteiger partial charge in [-0.2, -0.15) is 0 Å². The molecule has 1 aliphatic rings. The first kappa shape index (κ1) is 21.4. The van der Waals surface area contributed by atoms with Crippen molar-refractivity contribution in [2.45, 2.75) is 13.0 Å². The standard InChI is InChI=1S/C27H28F2N2/c1-21-4-6-22(7-5-21)3-2-16-30-17-19-31(20-18-30)27(23-8-12-25(28)13-9-23)24-10-14-26(29)15-11-24/h2-15,27H,16-20H2,1H3/b3-2+. The van der Waals surface area contributed by atoms with Crippen molar-refractivity contribution in [3.8, 4) is 0 Å². The van der Waals surface area contributed by atoms with Crippen molar-refractivity contribution in [3.63, 3.8) is 0 Å². The van der Waals surface area contributed by atoms with Crippen LogP contribution in [0.1, 0.15) is 28.3 Å². The SMILES string of the molecule is Cc1ccc(/C=C/CN2CCN(C(c3ccc(F)cc3)c3ccc(F)cc3)CC2)cc1. The topological polar surface area (TPSA) is 6.48 Å². The van der Waals surface area contributed by atoms with Crippen LogP contribution in [0, 0.1) is 18.6 Å². The average molecular weight is 419 g/mol. The van der Waals surface area contributed by atoms with Gasteiger partial charge in [0.1, 0.15) is 11.6 Å². The van der Waals surface area contributed by atoms with Crippen LogP contribution >= 0.6 is 0 Å². The van der Waals surface area contributed by atoms with Crippen molar-refractivity contribution < 1.29 is 8.78 Å². The third-order valence-corrected chi connectivity index (χ3v) is 5.89. The second-order valence-corrected chi connectivity index (χ2v) is 8.16. The van der Waals surface area contributed by atoms with Crippen molar-refractivity contribution in [1.82, 2.24) is 9.80 Å². The summed E-state index contributed by atoms with van der Waals surface area (Å²) in [6.45, 7) is 6.72. The number of piperazine rings is 1. The van der Waals surface area contributed by atoms with Gasteiger partial charge in [0, 0.05) is 32.7 Å². The van der Waals surface area contributed by atoms with E-state index in [4.69, 9.17) is 0 Å². The summed E-state index contributed by atoms with van der Waals surface area (Å²) in [6.07, 6.45) is 4.39. The number of halogens is 2. The van der Waals surface area contributed by atoms with Gasteiger partial charge in [0.15, 0.2) is 0 Å². The average Bonchev–Trinajstić information content (AvgIpc) is 2.79. The van der Waals surface area contributed by atoms with Crippen LogP contribution in [0.5, 0.6) is 0 Å². The summed E-state index contributed by atoms with van der Waals surface area (Å²) in [5.41, 5.74) is 4.54. The molecule has 3 aromatic carbocycles. The van der Waals surface area contributed by atoms with Crippen molar-refractivity contribution in [2.24, 2.45) is 0 Å². The Hall–Kier alpha value is -2.82. The third kappa shape index (κ3) is 5.66. The maximum atomic E-state index is 13.5. The van der Waals surface area contributed by atoms with E-state index in [9.17, 15) is 8.78 Å². The summed E-state index contributed by atoms with van der Waals surface area (Å²) >= 11 is 0. The first-order valence-corrected chi connectivity index (χ1v) is 10.8. The highest BCUT2D eigenvalue weighted by Gasteiger charge is 2.26. The lowest BCUT2D eigenvalue weighted by Crippen LogP contribution is -2.47. The van der Waals surface area contributed by atoms with Crippen LogP contribution in [0.15, 0.2) is 78.9 Å². The van der Waals surface area contributed by atoms with Crippen molar-refractivity contribution in [2.75, 3.05) is 32.7 Å². The lowest BCUT2D eigenvalue weighted by atomic mass is 9.96. The molecule has 0 atom stereocenters. The monoisotopic (exact) mass is 418 g/mol. The van der Waals surface area contributed by atoms with Crippen LogP contribution in [-0.4, -0.2) is 42.5 Å². The molecule has 0 radical (unpaired) electrons. The van der Waals surface area contributed by atoms with Crippen LogP contribution < -0.4 is 0 Å². The Balaban J connectivity index is 1.42. The summed E-state index contributed by atoms with van der Waals surface area (Å²) in [5, 5.41) is 0. The lowest BCUT2D eigenvalue weighted by Gasteiger charge is -2.39. The van der Waals surface area contributed by atoms with Gasteiger partial charge < -0.3 is 0 Å². The molecule has 0 spiro atoms. The molecule has 0 unspecified atom stereocenters. The minimum absolute atomic E-state index is 0.00792. The van der Waals surface area contributed by atoms with Crippen molar-refractivity contribution in [1.29, 1.82) is 0 Å². The zero-order valence-electron chi connectivity index (χ0n) is 17.8. The van der Waals surface area contributed by atoms with E-state index < -0.39 is 0 Å². The Kier molecular flexibility index (Phi) is 6.90. The number of hydrogen-bond donors (Lipinski definition) is 0. The van der Waals surface area contributed by atoms with Crippen LogP contribution in [0.2, 0.25) is 0 Å². The fourth-order valence-electron chi connectivity index (χ4n) is 4.12. The van der Waals surface area contributed by atoms with E-state index in [0.29, 0.717) is 0 Å². The predicted octanol–water partition coefficient (Wildman–Crippen LogP) is 5.69. The second-order valence-electron chi connectivity index (χ2n) is 8.16. The molecule has 0 saturated carbocycles. The lowest BCUT2D eigenvalue weighted by molar-refractivity contribution is 0.118. The molecule has 1 fully saturated rings. The number of rotatable bonds is 6. The maximum absolute atomic E-state index is 13.5. The Morgan fingerprint density at radius 2 is 1.26 bits per heavy atom. The molecule has 0 aliphatic carbocycles. The van der Waals surface area contributed by atoms with E-state index in [1.165, 1.54) is 35.4 Å². The second kappa shape index (κ2) is 9.99. The molecule has 160 valence electrons. The van der Waals surface area contributed by atoms with E-state index in [2.05, 4.69) is 53.1 Å². The van der Waals surface area contributed by atoms with Gasteiger partial charge >= 0.3 is 0 Å². The van der Waals surface area contributed by atoms with Gasteiger partial charge in [-0.25, -0.2) is 8.78 Å². The maximum Gasteiger partial charge on any atom is 0.123 e. The molecule has 1 heterocycles. The summed E-state index contributed by atoms with van der Waals surface area (Å²) in [6, 6.07) is 21.9. The highest BCUT2D eigenvalue weighted by atomic mass is 19.1. The normalized spacial score (nSPS) is 15.7. The Labute approximate surface area is 183 Å². The molecular formula is C27H28F2N2. The van der Waals surface area contributed by atoms with Gasteiger partial charge in [-0.05, 0) is 47.9 Å². The van der Waals surface area contributed by atoms with Crippen LogP contribution in [0.3, 0.4) is 0 Å². The number of hydrogen-bond acceptors (Lipinski definition) is 2. The number of benzene rings is 3. The Morgan fingerprint density at radius 3 is 1.77 bits per heavy atom. The Bertz CT molecular complexity index is 941. The molecule has 4 rings (SSSR count). The highest BCUT2D eigenvalue weighted by Crippen LogP contribution is 2.30. The summed E-state index contributed by atoms with van der Waals surface area (Å²) in [5.74, 6) is -0.487. The number of aryl methyl sites for hydroxylation is 1. The van der Waals surface area contributed by atoms with Crippen molar-refractivity contribution in [3.05, 3.63) is 113 Å². The molecule has 1 aliphatic heterocycles. The fraction of sp³-hybridized carbons (Fsp3) is 0.259. The molecule has 3 aromatic rings. The van der Waals surface area contributed by atoms with E-state index >= 15 is 0 Å². The largest absolute Gasteiger partial charge is 0.297 e. The Morgan fingerprint density at radius 1 is 0.742 bits per heavy atom. The zero-order chi connectivity index (χ0) is 21.6. The third-order valence-electron chi connectivity index (χ3n) is 5.89. The summed E-state index contributed by atoms with van der Waals surface area (Å²) in [4.78, 5) is 4.84. The van der Waals surface area contributed by atoms with Gasteiger partial charge in [0.25, 0.3) is 0 Å². The minimum atomic E-state index is -0.244. The first-order valence-electron chi connectivity index (χ1n) is 10.8. The van der Waals surface area contributed by atoms with Gasteiger partial charge in [-0.1, -0.05) is 66.2 Å². The molecule has 31 heavy (non-hydrogen) atoms. The van der Waals surface area contributed by atoms with E-state index in [0.717, 1.165) is 43.9 Å². The number of nitrogens with zero attached hydrogens (tertiary/aromatic N) is 2. The molecule has 4 heteroatoms. The van der Waals surface area contributed by atoms with Crippen LogP contribution in [0.4, 0.5) is 8.78 Å². The van der Waals surface area contributed by atoms with Crippen molar-refractivity contribution >= 4 is 6.08 Å². The predicted molar refractivity (Wildman–Crippen MR) is 123 cm³/mol. The molecule has 0 amide bonds. The molecule has 0 bridgehead atoms. The minimum Gasteiger partial charge on any atom is -0.297 e. The smallest absolute Gasteiger partial charge is 0.123 e. The fourth-order valence-corrected chi connectivity index (χ4v) is 4.12. The molecule has 1 saturated heterocycles. The van der Waals surface area contributed by atoms with Gasteiger partial charge in [-0.3, -0.25) is 9.80 Å². The highest BCUT2D eigenvalue weighted by molar-refractivity contribution is 5.49. The molecular weight excluding hydrogens is 390 g/mol. The van der Waals surface area contributed by atoms with Gasteiger partial charge in [0.05, 0.1) is 6.04 Å². The molecule has 2 nitrogen and oxygen atoms in total. The quantitative estimate of drug-likeness (QED) is 0.507.